The molecule has 0 radical (unpaired) electrons. The number of benzene rings is 1. The molecule has 1 aromatic rings. The number of nitrogens with one attached hydrogen (secondary N) is 1. The fraction of sp³-hybridized carbons (Fsp3) is 0.625. The molecule has 2 heteroatoms. The Labute approximate surface area is 109 Å². The van der Waals surface area contributed by atoms with E-state index in [-0.39, 0.29) is 5.82 Å². The summed E-state index contributed by atoms with van der Waals surface area (Å²) >= 11 is 0. The van der Waals surface area contributed by atoms with E-state index in [9.17, 15) is 4.39 Å². The minimum Gasteiger partial charge on any atom is -0.314 e. The van der Waals surface area contributed by atoms with Crippen molar-refractivity contribution in [3.05, 3.63) is 35.1 Å². The standard InChI is InChI=1S/C16H22FN/c1-11-9-13(17)5-8-15(11)16-4-2-3-12(16)10-18-14-6-7-14/h5,8-9,12,14,16,18H,2-4,6-7,10H2,1H3. The molecule has 0 spiro atoms. The normalized spacial score (nSPS) is 27.7. The molecule has 2 aliphatic carbocycles. The van der Waals surface area contributed by atoms with Gasteiger partial charge in [-0.1, -0.05) is 12.5 Å². The molecule has 0 bridgehead atoms. The van der Waals surface area contributed by atoms with Crippen molar-refractivity contribution in [3.8, 4) is 0 Å². The molecule has 2 fully saturated rings. The van der Waals surface area contributed by atoms with Gasteiger partial charge in [-0.05, 0) is 74.2 Å². The van der Waals surface area contributed by atoms with E-state index in [0.29, 0.717) is 5.92 Å². The highest BCUT2D eigenvalue weighted by Gasteiger charge is 2.31. The van der Waals surface area contributed by atoms with Crippen molar-refractivity contribution in [2.75, 3.05) is 6.54 Å². The van der Waals surface area contributed by atoms with Crippen LogP contribution >= 0.6 is 0 Å². The zero-order valence-electron chi connectivity index (χ0n) is 11.1. The van der Waals surface area contributed by atoms with Gasteiger partial charge in [-0.3, -0.25) is 0 Å². The molecule has 2 unspecified atom stereocenters. The van der Waals surface area contributed by atoms with E-state index >= 15 is 0 Å². The summed E-state index contributed by atoms with van der Waals surface area (Å²) in [5.41, 5.74) is 2.50. The molecule has 98 valence electrons. The van der Waals surface area contributed by atoms with Gasteiger partial charge < -0.3 is 5.32 Å². The van der Waals surface area contributed by atoms with Crippen LogP contribution in [0.1, 0.15) is 49.1 Å². The monoisotopic (exact) mass is 247 g/mol. The van der Waals surface area contributed by atoms with Gasteiger partial charge in [-0.2, -0.15) is 0 Å². The fourth-order valence-electron chi connectivity index (χ4n) is 3.35. The number of hydrogen-bond acceptors (Lipinski definition) is 1. The van der Waals surface area contributed by atoms with Crippen molar-refractivity contribution >= 4 is 0 Å². The average Bonchev–Trinajstić information content (AvgIpc) is 3.06. The number of hydrogen-bond donors (Lipinski definition) is 1. The largest absolute Gasteiger partial charge is 0.314 e. The molecule has 0 heterocycles. The molecule has 3 rings (SSSR count). The van der Waals surface area contributed by atoms with Gasteiger partial charge in [0.25, 0.3) is 0 Å². The number of aryl methyl sites for hydroxylation is 1. The molecule has 0 aromatic heterocycles. The van der Waals surface area contributed by atoms with E-state index < -0.39 is 0 Å². The zero-order valence-corrected chi connectivity index (χ0v) is 11.1. The van der Waals surface area contributed by atoms with E-state index in [1.807, 2.05) is 13.0 Å². The molecule has 2 aliphatic rings. The van der Waals surface area contributed by atoms with Gasteiger partial charge in [-0.25, -0.2) is 4.39 Å². The van der Waals surface area contributed by atoms with E-state index in [4.69, 9.17) is 0 Å². The maximum atomic E-state index is 13.2. The maximum absolute atomic E-state index is 13.2. The van der Waals surface area contributed by atoms with Crippen molar-refractivity contribution in [2.45, 2.75) is 51.0 Å². The first-order chi connectivity index (χ1) is 8.74. The molecule has 18 heavy (non-hydrogen) atoms. The van der Waals surface area contributed by atoms with Gasteiger partial charge in [0.1, 0.15) is 5.82 Å². The Hall–Kier alpha value is -0.890. The van der Waals surface area contributed by atoms with E-state index in [1.54, 1.807) is 12.1 Å². The summed E-state index contributed by atoms with van der Waals surface area (Å²) in [6.07, 6.45) is 6.61. The van der Waals surface area contributed by atoms with Crippen LogP contribution in [0, 0.1) is 18.7 Å². The molecule has 0 amide bonds. The second-order valence-electron chi connectivity index (χ2n) is 5.98. The molecular weight excluding hydrogens is 225 g/mol. The highest BCUT2D eigenvalue weighted by atomic mass is 19.1. The second kappa shape index (κ2) is 5.00. The van der Waals surface area contributed by atoms with Crippen molar-refractivity contribution in [2.24, 2.45) is 5.92 Å². The van der Waals surface area contributed by atoms with Crippen LogP contribution in [0.5, 0.6) is 0 Å². The minimum atomic E-state index is -0.109. The SMILES string of the molecule is Cc1cc(F)ccc1C1CCCC1CNC1CC1. The summed E-state index contributed by atoms with van der Waals surface area (Å²) in [5.74, 6) is 1.27. The Balaban J connectivity index is 1.72. The van der Waals surface area contributed by atoms with Gasteiger partial charge >= 0.3 is 0 Å². The van der Waals surface area contributed by atoms with E-state index in [1.165, 1.54) is 37.7 Å². The molecular formula is C16H22FN. The van der Waals surface area contributed by atoms with Crippen molar-refractivity contribution in [1.82, 2.24) is 5.32 Å². The van der Waals surface area contributed by atoms with Crippen LogP contribution in [0.3, 0.4) is 0 Å². The third-order valence-corrected chi connectivity index (χ3v) is 4.54. The summed E-state index contributed by atoms with van der Waals surface area (Å²) in [5, 5.41) is 3.66. The van der Waals surface area contributed by atoms with Crippen molar-refractivity contribution in [3.63, 3.8) is 0 Å². The van der Waals surface area contributed by atoms with Crippen LogP contribution in [0.25, 0.3) is 0 Å². The molecule has 1 nitrogen and oxygen atoms in total. The summed E-state index contributed by atoms with van der Waals surface area (Å²) in [7, 11) is 0. The van der Waals surface area contributed by atoms with Crippen LogP contribution in [0.15, 0.2) is 18.2 Å². The smallest absolute Gasteiger partial charge is 0.123 e. The average molecular weight is 247 g/mol. The third-order valence-electron chi connectivity index (χ3n) is 4.54. The highest BCUT2D eigenvalue weighted by molar-refractivity contribution is 5.31. The fourth-order valence-corrected chi connectivity index (χ4v) is 3.35. The molecule has 0 saturated heterocycles. The predicted octanol–water partition coefficient (Wildman–Crippen LogP) is 3.77. The van der Waals surface area contributed by atoms with Gasteiger partial charge in [0.05, 0.1) is 0 Å². The summed E-state index contributed by atoms with van der Waals surface area (Å²) in [4.78, 5) is 0. The van der Waals surface area contributed by atoms with Gasteiger partial charge in [0.2, 0.25) is 0 Å². The van der Waals surface area contributed by atoms with E-state index in [2.05, 4.69) is 5.32 Å². The van der Waals surface area contributed by atoms with Crippen LogP contribution in [0.2, 0.25) is 0 Å². The molecule has 1 N–H and O–H groups in total. The third kappa shape index (κ3) is 2.59. The first-order valence-corrected chi connectivity index (χ1v) is 7.23. The molecule has 2 saturated carbocycles. The number of halogens is 1. The number of rotatable bonds is 4. The van der Waals surface area contributed by atoms with E-state index in [0.717, 1.165) is 24.1 Å². The molecule has 0 aliphatic heterocycles. The lowest BCUT2D eigenvalue weighted by molar-refractivity contribution is 0.441. The van der Waals surface area contributed by atoms with Crippen molar-refractivity contribution < 1.29 is 4.39 Å². The maximum Gasteiger partial charge on any atom is 0.123 e. The highest BCUT2D eigenvalue weighted by Crippen LogP contribution is 2.40. The Morgan fingerprint density at radius 1 is 1.22 bits per heavy atom. The van der Waals surface area contributed by atoms with Crippen LogP contribution in [0.4, 0.5) is 4.39 Å². The zero-order chi connectivity index (χ0) is 12.5. The Kier molecular flexibility index (Phi) is 3.38. The van der Waals surface area contributed by atoms with Gasteiger partial charge in [0.15, 0.2) is 0 Å². The minimum absolute atomic E-state index is 0.109. The first kappa shape index (κ1) is 12.2. The van der Waals surface area contributed by atoms with Crippen molar-refractivity contribution in [1.29, 1.82) is 0 Å². The van der Waals surface area contributed by atoms with Crippen LogP contribution in [-0.2, 0) is 0 Å². The Morgan fingerprint density at radius 3 is 2.78 bits per heavy atom. The summed E-state index contributed by atoms with van der Waals surface area (Å²) in [6.45, 7) is 3.19. The van der Waals surface area contributed by atoms with Gasteiger partial charge in [-0.15, -0.1) is 0 Å². The van der Waals surface area contributed by atoms with Crippen LogP contribution < -0.4 is 5.32 Å². The molecule has 1 aromatic carbocycles. The summed E-state index contributed by atoms with van der Waals surface area (Å²) in [6, 6.07) is 6.09. The van der Waals surface area contributed by atoms with Crippen LogP contribution in [-0.4, -0.2) is 12.6 Å². The predicted molar refractivity (Wildman–Crippen MR) is 72.2 cm³/mol. The lowest BCUT2D eigenvalue weighted by Gasteiger charge is -2.22. The van der Waals surface area contributed by atoms with Gasteiger partial charge in [0, 0.05) is 6.04 Å². The first-order valence-electron chi connectivity index (χ1n) is 7.23. The quantitative estimate of drug-likeness (QED) is 0.854. The molecule has 2 atom stereocenters. The second-order valence-corrected chi connectivity index (χ2v) is 5.98. The Morgan fingerprint density at radius 2 is 2.06 bits per heavy atom. The lowest BCUT2D eigenvalue weighted by atomic mass is 9.86. The topological polar surface area (TPSA) is 12.0 Å². The lowest BCUT2D eigenvalue weighted by Crippen LogP contribution is -2.26. The summed E-state index contributed by atoms with van der Waals surface area (Å²) < 4.78 is 13.2. The Bertz CT molecular complexity index is 425.